The number of esters is 2. The first-order valence-corrected chi connectivity index (χ1v) is 8.71. The molecule has 0 spiro atoms. The van der Waals surface area contributed by atoms with Gasteiger partial charge < -0.3 is 14.6 Å². The van der Waals surface area contributed by atoms with Crippen LogP contribution in [0.15, 0.2) is 6.07 Å². The van der Waals surface area contributed by atoms with Crippen molar-refractivity contribution in [2.45, 2.75) is 19.3 Å². The van der Waals surface area contributed by atoms with Gasteiger partial charge in [-0.15, -0.1) is 0 Å². The summed E-state index contributed by atoms with van der Waals surface area (Å²) >= 11 is 17.9. The van der Waals surface area contributed by atoms with Crippen LogP contribution in [0.3, 0.4) is 0 Å². The molecule has 4 rings (SSSR count). The quantitative estimate of drug-likeness (QED) is 0.353. The molecule has 1 unspecified atom stereocenters. The van der Waals surface area contributed by atoms with Crippen LogP contribution >= 0.6 is 34.8 Å². The lowest BCUT2D eigenvalue weighted by molar-refractivity contribution is -0.158. The molecule has 0 aromatic heterocycles. The van der Waals surface area contributed by atoms with Gasteiger partial charge in [0, 0.05) is 0 Å². The van der Waals surface area contributed by atoms with E-state index in [-0.39, 0.29) is 27.2 Å². The summed E-state index contributed by atoms with van der Waals surface area (Å²) in [4.78, 5) is 34.5. The lowest BCUT2D eigenvalue weighted by atomic mass is 9.83. The van der Waals surface area contributed by atoms with Crippen molar-refractivity contribution in [1.29, 1.82) is 0 Å². The number of ether oxygens (including phenoxy) is 2. The normalized spacial score (nSPS) is 23.7. The lowest BCUT2D eigenvalue weighted by Crippen LogP contribution is -2.22. The van der Waals surface area contributed by atoms with E-state index in [2.05, 4.69) is 4.74 Å². The van der Waals surface area contributed by atoms with E-state index in [1.54, 1.807) is 0 Å². The molecule has 0 heterocycles. The summed E-state index contributed by atoms with van der Waals surface area (Å²) in [5.41, 5.74) is -0.362. The SMILES string of the molecule is O=C(O)C(=O)Oc1c(Cl)cc(Cl)c(Cl)c1C(=O)OCC1CC2CC1C2. The number of rotatable bonds is 4. The third-order valence-electron chi connectivity index (χ3n) is 4.70. The van der Waals surface area contributed by atoms with Gasteiger partial charge in [0.1, 0.15) is 5.56 Å². The van der Waals surface area contributed by atoms with E-state index in [4.69, 9.17) is 44.6 Å². The maximum absolute atomic E-state index is 12.5. The molecule has 9 heteroatoms. The molecule has 0 saturated heterocycles. The summed E-state index contributed by atoms with van der Waals surface area (Å²) in [6.07, 6.45) is 3.34. The highest BCUT2D eigenvalue weighted by molar-refractivity contribution is 6.46. The van der Waals surface area contributed by atoms with E-state index in [1.165, 1.54) is 0 Å². The molecule has 134 valence electrons. The van der Waals surface area contributed by atoms with Gasteiger partial charge in [-0.2, -0.15) is 0 Å². The van der Waals surface area contributed by atoms with Crippen LogP contribution in [0.25, 0.3) is 0 Å². The largest absolute Gasteiger partial charge is 0.473 e. The van der Waals surface area contributed by atoms with Gasteiger partial charge in [0.05, 0.1) is 21.7 Å². The summed E-state index contributed by atoms with van der Waals surface area (Å²) in [6, 6.07) is 1.15. The average Bonchev–Trinajstić information content (AvgIpc) is 3.09. The van der Waals surface area contributed by atoms with E-state index in [0.717, 1.165) is 25.3 Å². The molecule has 1 atom stereocenters. The first kappa shape index (κ1) is 18.3. The van der Waals surface area contributed by atoms with Gasteiger partial charge in [0.15, 0.2) is 5.75 Å². The van der Waals surface area contributed by atoms with Gasteiger partial charge in [-0.25, -0.2) is 14.4 Å². The Morgan fingerprint density at radius 1 is 1.12 bits per heavy atom. The van der Waals surface area contributed by atoms with Crippen molar-refractivity contribution in [2.75, 3.05) is 6.61 Å². The number of hydrogen-bond donors (Lipinski definition) is 1. The van der Waals surface area contributed by atoms with Crippen LogP contribution in [-0.4, -0.2) is 29.6 Å². The topological polar surface area (TPSA) is 89.9 Å². The molecule has 0 aliphatic heterocycles. The molecule has 3 aliphatic rings. The van der Waals surface area contributed by atoms with Gasteiger partial charge >= 0.3 is 17.9 Å². The Bertz CT molecular complexity index is 757. The molecule has 0 amide bonds. The monoisotopic (exact) mass is 406 g/mol. The third kappa shape index (κ3) is 3.57. The molecule has 3 saturated carbocycles. The number of halogens is 3. The minimum atomic E-state index is -1.84. The zero-order chi connectivity index (χ0) is 18.3. The predicted octanol–water partition coefficient (Wildman–Crippen LogP) is 3.84. The highest BCUT2D eigenvalue weighted by atomic mass is 35.5. The highest BCUT2D eigenvalue weighted by Crippen LogP contribution is 2.52. The average molecular weight is 408 g/mol. The minimum Gasteiger partial charge on any atom is -0.473 e. The van der Waals surface area contributed by atoms with Crippen molar-refractivity contribution in [3.8, 4) is 5.75 Å². The van der Waals surface area contributed by atoms with Gasteiger partial charge in [-0.3, -0.25) is 0 Å². The maximum Gasteiger partial charge on any atom is 0.422 e. The summed E-state index contributed by atoms with van der Waals surface area (Å²) in [6.45, 7) is 0.215. The number of fused-ring (bicyclic) bond motifs is 1. The van der Waals surface area contributed by atoms with Crippen LogP contribution in [0.5, 0.6) is 5.75 Å². The second kappa shape index (κ2) is 7.02. The standard InChI is InChI=1S/C16H13Cl3O6/c17-9-4-10(18)13(25-16(23)14(20)21)11(12(9)19)15(22)24-5-8-3-6-1-7(8)2-6/h4,6-8H,1-3,5H2,(H,20,21). The van der Waals surface area contributed by atoms with E-state index >= 15 is 0 Å². The van der Waals surface area contributed by atoms with Crippen molar-refractivity contribution in [3.63, 3.8) is 0 Å². The molecule has 3 fully saturated rings. The zero-order valence-corrected chi connectivity index (χ0v) is 15.0. The maximum atomic E-state index is 12.5. The number of hydrogen-bond acceptors (Lipinski definition) is 5. The van der Waals surface area contributed by atoms with Crippen molar-refractivity contribution in [1.82, 2.24) is 0 Å². The first-order valence-electron chi connectivity index (χ1n) is 7.57. The number of benzene rings is 1. The van der Waals surface area contributed by atoms with Gasteiger partial charge in [-0.1, -0.05) is 34.8 Å². The first-order chi connectivity index (χ1) is 11.8. The highest BCUT2D eigenvalue weighted by Gasteiger charge is 2.44. The zero-order valence-electron chi connectivity index (χ0n) is 12.8. The van der Waals surface area contributed by atoms with E-state index < -0.39 is 23.7 Å². The second-order valence-corrected chi connectivity index (χ2v) is 7.44. The minimum absolute atomic E-state index is 0.0446. The van der Waals surface area contributed by atoms with Crippen LogP contribution in [0, 0.1) is 17.8 Å². The Morgan fingerprint density at radius 3 is 2.36 bits per heavy atom. The fourth-order valence-electron chi connectivity index (χ4n) is 3.44. The van der Waals surface area contributed by atoms with Crippen molar-refractivity contribution >= 4 is 52.7 Å². The smallest absolute Gasteiger partial charge is 0.422 e. The number of carbonyl (C=O) groups is 3. The summed E-state index contributed by atoms with van der Waals surface area (Å²) in [5, 5.41) is 8.19. The summed E-state index contributed by atoms with van der Waals surface area (Å²) in [5.74, 6) is -3.22. The van der Waals surface area contributed by atoms with E-state index in [9.17, 15) is 14.4 Å². The van der Waals surface area contributed by atoms with Crippen molar-refractivity contribution < 1.29 is 29.0 Å². The molecule has 25 heavy (non-hydrogen) atoms. The molecular formula is C16H13Cl3O6. The summed E-state index contributed by atoms with van der Waals surface area (Å²) < 4.78 is 9.98. The molecular weight excluding hydrogens is 395 g/mol. The molecule has 1 aromatic rings. The Hall–Kier alpha value is -1.50. The fraction of sp³-hybridized carbons (Fsp3) is 0.438. The van der Waals surface area contributed by atoms with E-state index in [1.807, 2.05) is 0 Å². The number of carbonyl (C=O) groups excluding carboxylic acids is 2. The van der Waals surface area contributed by atoms with Crippen molar-refractivity contribution in [3.05, 3.63) is 26.7 Å². The van der Waals surface area contributed by atoms with E-state index in [0.29, 0.717) is 17.8 Å². The predicted molar refractivity (Wildman–Crippen MR) is 89.3 cm³/mol. The number of carboxylic acids is 1. The Balaban J connectivity index is 1.83. The van der Waals surface area contributed by atoms with Crippen LogP contribution in [0.2, 0.25) is 15.1 Å². The Morgan fingerprint density at radius 2 is 1.80 bits per heavy atom. The van der Waals surface area contributed by atoms with Crippen LogP contribution < -0.4 is 4.74 Å². The van der Waals surface area contributed by atoms with Gasteiger partial charge in [0.25, 0.3) is 0 Å². The van der Waals surface area contributed by atoms with Crippen LogP contribution in [-0.2, 0) is 14.3 Å². The molecule has 1 aromatic carbocycles. The molecule has 3 aliphatic carbocycles. The molecule has 1 N–H and O–H groups in total. The van der Waals surface area contributed by atoms with Gasteiger partial charge in [0.2, 0.25) is 0 Å². The van der Waals surface area contributed by atoms with Gasteiger partial charge in [-0.05, 0) is 43.1 Å². The van der Waals surface area contributed by atoms with Crippen LogP contribution in [0.4, 0.5) is 0 Å². The lowest BCUT2D eigenvalue weighted by Gasteiger charge is -2.24. The van der Waals surface area contributed by atoms with Crippen molar-refractivity contribution in [2.24, 2.45) is 17.8 Å². The summed E-state index contributed by atoms with van der Waals surface area (Å²) in [7, 11) is 0. The molecule has 2 bridgehead atoms. The number of carboxylic acid groups (broad SMARTS) is 1. The van der Waals surface area contributed by atoms with Crippen LogP contribution in [0.1, 0.15) is 29.6 Å². The Labute approximate surface area is 157 Å². The molecule has 0 radical (unpaired) electrons. The number of aliphatic carboxylic acids is 1. The molecule has 6 nitrogen and oxygen atoms in total. The third-order valence-corrected chi connectivity index (χ3v) is 5.77. The Kier molecular flexibility index (Phi) is 5.14. The second-order valence-electron chi connectivity index (χ2n) is 6.24. The fourth-order valence-corrected chi connectivity index (χ4v) is 4.16.